The minimum atomic E-state index is -0.302. The lowest BCUT2D eigenvalue weighted by atomic mass is 10.1. The fourth-order valence-corrected chi connectivity index (χ4v) is 2.00. The molecule has 2 heterocycles. The number of aryl methyl sites for hydroxylation is 3. The SMILES string of the molecule is COc1cnn(C)c1C(N)c1cc(C)nn1C. The summed E-state index contributed by atoms with van der Waals surface area (Å²) >= 11 is 0. The molecule has 0 saturated carbocycles. The Morgan fingerprint density at radius 2 is 2.06 bits per heavy atom. The van der Waals surface area contributed by atoms with E-state index in [1.165, 1.54) is 0 Å². The van der Waals surface area contributed by atoms with Crippen LogP contribution >= 0.6 is 0 Å². The van der Waals surface area contributed by atoms with Crippen molar-refractivity contribution in [3.8, 4) is 5.75 Å². The Morgan fingerprint density at radius 3 is 2.59 bits per heavy atom. The highest BCUT2D eigenvalue weighted by Gasteiger charge is 2.21. The third-order valence-corrected chi connectivity index (χ3v) is 2.82. The predicted molar refractivity (Wildman–Crippen MR) is 63.7 cm³/mol. The van der Waals surface area contributed by atoms with Crippen LogP contribution in [0.25, 0.3) is 0 Å². The Hall–Kier alpha value is -1.82. The van der Waals surface area contributed by atoms with Gasteiger partial charge in [0.2, 0.25) is 0 Å². The number of nitrogens with two attached hydrogens (primary N) is 1. The molecule has 17 heavy (non-hydrogen) atoms. The molecule has 0 spiro atoms. The first-order valence-electron chi connectivity index (χ1n) is 5.36. The van der Waals surface area contributed by atoms with Crippen LogP contribution in [0, 0.1) is 6.92 Å². The Kier molecular flexibility index (Phi) is 2.89. The maximum absolute atomic E-state index is 6.25. The summed E-state index contributed by atoms with van der Waals surface area (Å²) in [5.74, 6) is 0.693. The van der Waals surface area contributed by atoms with E-state index in [-0.39, 0.29) is 6.04 Å². The average molecular weight is 235 g/mol. The van der Waals surface area contributed by atoms with Crippen molar-refractivity contribution in [1.29, 1.82) is 0 Å². The lowest BCUT2D eigenvalue weighted by Gasteiger charge is -2.14. The van der Waals surface area contributed by atoms with Crippen molar-refractivity contribution in [2.24, 2.45) is 19.8 Å². The molecule has 0 fully saturated rings. The molecule has 92 valence electrons. The molecule has 0 aliphatic rings. The van der Waals surface area contributed by atoms with Gasteiger partial charge in [-0.25, -0.2) is 0 Å². The fourth-order valence-electron chi connectivity index (χ4n) is 2.00. The van der Waals surface area contributed by atoms with Crippen LogP contribution in [0.1, 0.15) is 23.1 Å². The highest BCUT2D eigenvalue weighted by molar-refractivity contribution is 5.33. The van der Waals surface area contributed by atoms with E-state index in [2.05, 4.69) is 10.2 Å². The summed E-state index contributed by atoms with van der Waals surface area (Å²) in [5, 5.41) is 8.45. The van der Waals surface area contributed by atoms with Crippen LogP contribution < -0.4 is 10.5 Å². The molecule has 1 unspecified atom stereocenters. The normalized spacial score (nSPS) is 12.8. The van der Waals surface area contributed by atoms with E-state index in [0.29, 0.717) is 5.75 Å². The van der Waals surface area contributed by atoms with Gasteiger partial charge in [0.1, 0.15) is 5.69 Å². The summed E-state index contributed by atoms with van der Waals surface area (Å²) in [7, 11) is 5.34. The van der Waals surface area contributed by atoms with E-state index < -0.39 is 0 Å². The van der Waals surface area contributed by atoms with Crippen molar-refractivity contribution in [3.63, 3.8) is 0 Å². The second-order valence-electron chi connectivity index (χ2n) is 4.03. The van der Waals surface area contributed by atoms with Crippen LogP contribution in [0.3, 0.4) is 0 Å². The van der Waals surface area contributed by atoms with Gasteiger partial charge in [0.25, 0.3) is 0 Å². The zero-order valence-electron chi connectivity index (χ0n) is 10.5. The number of rotatable bonds is 3. The molecule has 0 saturated heterocycles. The van der Waals surface area contributed by atoms with E-state index in [4.69, 9.17) is 10.5 Å². The Balaban J connectivity index is 2.46. The molecule has 0 aliphatic heterocycles. The van der Waals surface area contributed by atoms with Crippen LogP contribution in [0.4, 0.5) is 0 Å². The molecule has 0 aliphatic carbocycles. The van der Waals surface area contributed by atoms with Crippen molar-refractivity contribution in [2.75, 3.05) is 7.11 Å². The maximum atomic E-state index is 6.25. The molecule has 2 rings (SSSR count). The standard InChI is InChI=1S/C11H17N5O/c1-7-5-8(15(2)14-7)10(12)11-9(17-4)6-13-16(11)3/h5-6,10H,12H2,1-4H3. The third kappa shape index (κ3) is 1.91. The molecule has 0 radical (unpaired) electrons. The van der Waals surface area contributed by atoms with Crippen LogP contribution in [0.5, 0.6) is 5.75 Å². The van der Waals surface area contributed by atoms with Crippen molar-refractivity contribution in [2.45, 2.75) is 13.0 Å². The molecule has 0 amide bonds. The van der Waals surface area contributed by atoms with E-state index in [1.807, 2.05) is 27.1 Å². The summed E-state index contributed by atoms with van der Waals surface area (Å²) in [6, 6.07) is 1.67. The molecule has 1 atom stereocenters. The quantitative estimate of drug-likeness (QED) is 0.842. The monoisotopic (exact) mass is 235 g/mol. The van der Waals surface area contributed by atoms with Crippen molar-refractivity contribution >= 4 is 0 Å². The molecule has 0 aromatic carbocycles. The fraction of sp³-hybridized carbons (Fsp3) is 0.455. The van der Waals surface area contributed by atoms with E-state index >= 15 is 0 Å². The maximum Gasteiger partial charge on any atom is 0.161 e. The number of ether oxygens (including phenoxy) is 1. The molecular weight excluding hydrogens is 218 g/mol. The van der Waals surface area contributed by atoms with Crippen molar-refractivity contribution in [3.05, 3.63) is 29.3 Å². The zero-order valence-corrected chi connectivity index (χ0v) is 10.5. The van der Waals surface area contributed by atoms with Gasteiger partial charge in [-0.05, 0) is 13.0 Å². The molecule has 2 N–H and O–H groups in total. The summed E-state index contributed by atoms with van der Waals surface area (Å²) in [4.78, 5) is 0. The number of aromatic nitrogens is 4. The van der Waals surface area contributed by atoms with Crippen LogP contribution in [-0.2, 0) is 14.1 Å². The summed E-state index contributed by atoms with van der Waals surface area (Å²) < 4.78 is 8.77. The number of nitrogens with zero attached hydrogens (tertiary/aromatic N) is 4. The van der Waals surface area contributed by atoms with Crippen LogP contribution in [0.15, 0.2) is 12.3 Å². The molecule has 6 nitrogen and oxygen atoms in total. The third-order valence-electron chi connectivity index (χ3n) is 2.82. The van der Waals surface area contributed by atoms with Crippen molar-refractivity contribution in [1.82, 2.24) is 19.6 Å². The summed E-state index contributed by atoms with van der Waals surface area (Å²) in [6.07, 6.45) is 1.67. The highest BCUT2D eigenvalue weighted by atomic mass is 16.5. The van der Waals surface area contributed by atoms with Gasteiger partial charge in [-0.3, -0.25) is 9.36 Å². The average Bonchev–Trinajstić information content (AvgIpc) is 2.80. The number of hydrogen-bond acceptors (Lipinski definition) is 4. The van der Waals surface area contributed by atoms with E-state index in [9.17, 15) is 0 Å². The summed E-state index contributed by atoms with van der Waals surface area (Å²) in [5.41, 5.74) is 8.97. The van der Waals surface area contributed by atoms with Gasteiger partial charge < -0.3 is 10.5 Å². The summed E-state index contributed by atoms with van der Waals surface area (Å²) in [6.45, 7) is 1.94. The van der Waals surface area contributed by atoms with E-state index in [0.717, 1.165) is 17.1 Å². The first kappa shape index (κ1) is 11.7. The topological polar surface area (TPSA) is 70.9 Å². The molecular formula is C11H17N5O. The number of hydrogen-bond donors (Lipinski definition) is 1. The largest absolute Gasteiger partial charge is 0.493 e. The lowest BCUT2D eigenvalue weighted by molar-refractivity contribution is 0.405. The van der Waals surface area contributed by atoms with Gasteiger partial charge in [0.15, 0.2) is 5.75 Å². The lowest BCUT2D eigenvalue weighted by Crippen LogP contribution is -2.19. The van der Waals surface area contributed by atoms with Gasteiger partial charge in [0, 0.05) is 14.1 Å². The predicted octanol–water partition coefficient (Wildman–Crippen LogP) is 0.519. The van der Waals surface area contributed by atoms with E-state index in [1.54, 1.807) is 22.7 Å². The molecule has 2 aromatic heterocycles. The minimum Gasteiger partial charge on any atom is -0.493 e. The van der Waals surface area contributed by atoms with Gasteiger partial charge in [0.05, 0.1) is 30.7 Å². The second kappa shape index (κ2) is 4.21. The minimum absolute atomic E-state index is 0.302. The van der Waals surface area contributed by atoms with Crippen LogP contribution in [-0.4, -0.2) is 26.7 Å². The van der Waals surface area contributed by atoms with Gasteiger partial charge in [-0.15, -0.1) is 0 Å². The molecule has 0 bridgehead atoms. The molecule has 6 heteroatoms. The Bertz CT molecular complexity index is 528. The smallest absolute Gasteiger partial charge is 0.161 e. The van der Waals surface area contributed by atoms with Gasteiger partial charge >= 0.3 is 0 Å². The second-order valence-corrected chi connectivity index (χ2v) is 4.03. The van der Waals surface area contributed by atoms with Crippen molar-refractivity contribution < 1.29 is 4.74 Å². The highest BCUT2D eigenvalue weighted by Crippen LogP contribution is 2.27. The Labute approximate surface area is 100.0 Å². The zero-order chi connectivity index (χ0) is 12.6. The first-order chi connectivity index (χ1) is 8.04. The van der Waals surface area contributed by atoms with Gasteiger partial charge in [-0.2, -0.15) is 10.2 Å². The molecule has 2 aromatic rings. The van der Waals surface area contributed by atoms with Gasteiger partial charge in [-0.1, -0.05) is 0 Å². The number of methoxy groups -OCH3 is 1. The van der Waals surface area contributed by atoms with Crippen LogP contribution in [0.2, 0.25) is 0 Å². The first-order valence-corrected chi connectivity index (χ1v) is 5.36. The Morgan fingerprint density at radius 1 is 1.35 bits per heavy atom.